The highest BCUT2D eigenvalue weighted by Crippen LogP contribution is 2.31. The van der Waals surface area contributed by atoms with Gasteiger partial charge in [0.05, 0.1) is 6.10 Å². The van der Waals surface area contributed by atoms with Crippen LogP contribution < -0.4 is 0 Å². The average molecular weight is 274 g/mol. The quantitative estimate of drug-likeness (QED) is 0.724. The summed E-state index contributed by atoms with van der Waals surface area (Å²) in [6, 6.07) is 8.62. The molecular formula is C19H30O. The molecule has 1 aromatic rings. The zero-order valence-corrected chi connectivity index (χ0v) is 13.1. The van der Waals surface area contributed by atoms with Gasteiger partial charge in [0.2, 0.25) is 0 Å². The highest BCUT2D eigenvalue weighted by atomic mass is 16.3. The van der Waals surface area contributed by atoms with Gasteiger partial charge in [0.25, 0.3) is 0 Å². The topological polar surface area (TPSA) is 20.2 Å². The van der Waals surface area contributed by atoms with Crippen LogP contribution in [0.4, 0.5) is 0 Å². The van der Waals surface area contributed by atoms with Gasteiger partial charge < -0.3 is 5.11 Å². The van der Waals surface area contributed by atoms with Crippen molar-refractivity contribution in [3.63, 3.8) is 0 Å². The molecule has 20 heavy (non-hydrogen) atoms. The van der Waals surface area contributed by atoms with Crippen LogP contribution in [-0.2, 0) is 6.42 Å². The van der Waals surface area contributed by atoms with E-state index in [0.29, 0.717) is 5.92 Å². The van der Waals surface area contributed by atoms with Crippen LogP contribution in [0, 0.1) is 11.8 Å². The van der Waals surface area contributed by atoms with E-state index in [9.17, 15) is 5.11 Å². The van der Waals surface area contributed by atoms with Crippen LogP contribution in [0.2, 0.25) is 0 Å². The van der Waals surface area contributed by atoms with Gasteiger partial charge in [-0.2, -0.15) is 0 Å². The van der Waals surface area contributed by atoms with Crippen LogP contribution in [0.25, 0.3) is 0 Å². The molecule has 1 fully saturated rings. The summed E-state index contributed by atoms with van der Waals surface area (Å²) in [5.41, 5.74) is 2.48. The van der Waals surface area contributed by atoms with E-state index in [-0.39, 0.29) is 6.10 Å². The minimum atomic E-state index is -0.272. The average Bonchev–Trinajstić information content (AvgIpc) is 2.67. The molecule has 0 saturated heterocycles. The Morgan fingerprint density at radius 3 is 2.15 bits per heavy atom. The van der Waals surface area contributed by atoms with Gasteiger partial charge in [0.1, 0.15) is 0 Å². The van der Waals surface area contributed by atoms with E-state index in [1.54, 1.807) is 0 Å². The van der Waals surface area contributed by atoms with Gasteiger partial charge in [0.15, 0.2) is 0 Å². The number of hydrogen-bond acceptors (Lipinski definition) is 1. The molecule has 0 heterocycles. The molecule has 1 heteroatoms. The van der Waals surface area contributed by atoms with Crippen molar-refractivity contribution in [1.82, 2.24) is 0 Å². The fourth-order valence-electron chi connectivity index (χ4n) is 3.40. The fourth-order valence-corrected chi connectivity index (χ4v) is 3.40. The molecule has 1 atom stereocenters. The Kier molecular flexibility index (Phi) is 6.09. The largest absolute Gasteiger partial charge is 0.388 e. The normalized spacial score (nSPS) is 19.0. The molecule has 1 N–H and O–H groups in total. The molecule has 0 aromatic heterocycles. The van der Waals surface area contributed by atoms with Crippen LogP contribution in [0.5, 0.6) is 0 Å². The first-order valence-electron chi connectivity index (χ1n) is 8.42. The molecule has 112 valence electrons. The molecule has 2 rings (SSSR count). The minimum Gasteiger partial charge on any atom is -0.388 e. The molecule has 1 aliphatic rings. The van der Waals surface area contributed by atoms with Gasteiger partial charge in [-0.3, -0.25) is 0 Å². The summed E-state index contributed by atoms with van der Waals surface area (Å²) < 4.78 is 0. The predicted octanol–water partition coefficient (Wildman–Crippen LogP) is 5.28. The highest BCUT2D eigenvalue weighted by molar-refractivity contribution is 5.24. The third-order valence-corrected chi connectivity index (χ3v) is 4.54. The predicted molar refractivity (Wildman–Crippen MR) is 85.8 cm³/mol. The molecule has 1 unspecified atom stereocenters. The molecule has 1 aliphatic carbocycles. The second-order valence-corrected chi connectivity index (χ2v) is 6.95. The zero-order chi connectivity index (χ0) is 14.4. The van der Waals surface area contributed by atoms with Crippen molar-refractivity contribution in [2.45, 2.75) is 71.3 Å². The van der Waals surface area contributed by atoms with Gasteiger partial charge in [-0.15, -0.1) is 0 Å². The summed E-state index contributed by atoms with van der Waals surface area (Å²) in [5.74, 6) is 1.42. The zero-order valence-electron chi connectivity index (χ0n) is 13.1. The molecule has 1 aromatic carbocycles. The lowest BCUT2D eigenvalue weighted by atomic mass is 9.90. The molecule has 0 radical (unpaired) electrons. The number of rotatable bonds is 5. The van der Waals surface area contributed by atoms with E-state index < -0.39 is 0 Å². The van der Waals surface area contributed by atoms with E-state index in [1.165, 1.54) is 44.1 Å². The fraction of sp³-hybridized carbons (Fsp3) is 0.684. The van der Waals surface area contributed by atoms with Gasteiger partial charge in [0, 0.05) is 0 Å². The van der Waals surface area contributed by atoms with Crippen LogP contribution in [0.15, 0.2) is 24.3 Å². The van der Waals surface area contributed by atoms with Crippen molar-refractivity contribution in [3.05, 3.63) is 35.4 Å². The van der Waals surface area contributed by atoms with Crippen LogP contribution in [0.1, 0.15) is 76.0 Å². The number of benzene rings is 1. The maximum absolute atomic E-state index is 10.4. The van der Waals surface area contributed by atoms with Crippen molar-refractivity contribution in [2.75, 3.05) is 0 Å². The summed E-state index contributed by atoms with van der Waals surface area (Å²) in [6.45, 7) is 4.49. The Hall–Kier alpha value is -0.820. The lowest BCUT2D eigenvalue weighted by molar-refractivity contribution is 0.139. The summed E-state index contributed by atoms with van der Waals surface area (Å²) >= 11 is 0. The lowest BCUT2D eigenvalue weighted by Gasteiger charge is -2.19. The SMILES string of the molecule is CC(C)Cc1ccc(C(O)CC2CCCCCC2)cc1. The Morgan fingerprint density at radius 1 is 1.00 bits per heavy atom. The van der Waals surface area contributed by atoms with E-state index in [0.717, 1.165) is 24.3 Å². The van der Waals surface area contributed by atoms with Crippen molar-refractivity contribution >= 4 is 0 Å². The molecule has 1 saturated carbocycles. The third-order valence-electron chi connectivity index (χ3n) is 4.54. The highest BCUT2D eigenvalue weighted by Gasteiger charge is 2.17. The third kappa shape index (κ3) is 4.94. The number of hydrogen-bond donors (Lipinski definition) is 1. The maximum Gasteiger partial charge on any atom is 0.0792 e. The molecule has 0 bridgehead atoms. The second-order valence-electron chi connectivity index (χ2n) is 6.95. The summed E-state index contributed by atoms with van der Waals surface area (Å²) in [4.78, 5) is 0. The standard InChI is InChI=1S/C19H30O/c1-15(2)13-17-9-11-18(12-10-17)19(20)14-16-7-5-3-4-6-8-16/h9-12,15-16,19-20H,3-8,13-14H2,1-2H3. The summed E-state index contributed by atoms with van der Waals surface area (Å²) in [6.07, 6.45) is 9.89. The maximum atomic E-state index is 10.4. The van der Waals surface area contributed by atoms with Crippen molar-refractivity contribution in [3.8, 4) is 0 Å². The van der Waals surface area contributed by atoms with Crippen molar-refractivity contribution < 1.29 is 5.11 Å². The van der Waals surface area contributed by atoms with Crippen LogP contribution in [-0.4, -0.2) is 5.11 Å². The lowest BCUT2D eigenvalue weighted by Crippen LogP contribution is -2.07. The first-order chi connectivity index (χ1) is 9.65. The Bertz CT molecular complexity index is 371. The first-order valence-corrected chi connectivity index (χ1v) is 8.42. The Balaban J connectivity index is 1.89. The Labute approximate surface area is 124 Å². The smallest absolute Gasteiger partial charge is 0.0792 e. The van der Waals surface area contributed by atoms with Crippen LogP contribution >= 0.6 is 0 Å². The van der Waals surface area contributed by atoms with Gasteiger partial charge >= 0.3 is 0 Å². The van der Waals surface area contributed by atoms with Gasteiger partial charge in [-0.05, 0) is 35.8 Å². The van der Waals surface area contributed by atoms with E-state index in [1.807, 2.05) is 0 Å². The second kappa shape index (κ2) is 7.83. The van der Waals surface area contributed by atoms with Gasteiger partial charge in [-0.1, -0.05) is 76.6 Å². The molecule has 0 amide bonds. The van der Waals surface area contributed by atoms with Gasteiger partial charge in [-0.25, -0.2) is 0 Å². The Morgan fingerprint density at radius 2 is 1.60 bits per heavy atom. The molecular weight excluding hydrogens is 244 g/mol. The van der Waals surface area contributed by atoms with Crippen molar-refractivity contribution in [1.29, 1.82) is 0 Å². The summed E-state index contributed by atoms with van der Waals surface area (Å²) in [7, 11) is 0. The number of aliphatic hydroxyl groups is 1. The van der Waals surface area contributed by atoms with E-state index in [4.69, 9.17) is 0 Å². The first kappa shape index (κ1) is 15.6. The number of aliphatic hydroxyl groups excluding tert-OH is 1. The van der Waals surface area contributed by atoms with E-state index in [2.05, 4.69) is 38.1 Å². The monoisotopic (exact) mass is 274 g/mol. The molecule has 0 aliphatic heterocycles. The molecule has 0 spiro atoms. The van der Waals surface area contributed by atoms with Crippen molar-refractivity contribution in [2.24, 2.45) is 11.8 Å². The molecule has 1 nitrogen and oxygen atoms in total. The minimum absolute atomic E-state index is 0.272. The van der Waals surface area contributed by atoms with E-state index >= 15 is 0 Å². The summed E-state index contributed by atoms with van der Waals surface area (Å²) in [5, 5.41) is 10.4. The van der Waals surface area contributed by atoms with Crippen LogP contribution in [0.3, 0.4) is 0 Å².